The molecule has 12 heteroatoms. The van der Waals surface area contributed by atoms with Gasteiger partial charge in [0.25, 0.3) is 0 Å². The number of nitrogens with one attached hydrogen (secondary N) is 4. The maximum Gasteiger partial charge on any atom is 0.326 e. The lowest BCUT2D eigenvalue weighted by Crippen LogP contribution is -2.58. The Labute approximate surface area is 202 Å². The van der Waals surface area contributed by atoms with Crippen LogP contribution in [0.25, 0.3) is 10.9 Å². The molecular weight excluding hydrogens is 456 g/mol. The lowest BCUT2D eigenvalue weighted by atomic mass is 9.98. The molecule has 0 spiro atoms. The van der Waals surface area contributed by atoms with E-state index in [0.717, 1.165) is 10.9 Å². The standard InChI is InChI=1S/C23H32N6O6/c1-3-12(2)20(23(34)35)29-22(33)16(8-13-11-26-15-7-5-4-6-14(13)15)28-21(32)17(9-18(25)30)27-19(31)10-24/h4-7,11-12,16-17,20,26H,3,8-10,24H2,1-2H3,(H2,25,30)(H,27,31)(H,28,32)(H,29,33)(H,34,35). The van der Waals surface area contributed by atoms with E-state index in [4.69, 9.17) is 11.5 Å². The number of hydrogen-bond acceptors (Lipinski definition) is 6. The highest BCUT2D eigenvalue weighted by Crippen LogP contribution is 2.19. The molecule has 4 unspecified atom stereocenters. The molecule has 0 saturated heterocycles. The van der Waals surface area contributed by atoms with Crippen LogP contribution in [-0.4, -0.2) is 64.4 Å². The van der Waals surface area contributed by atoms with Crippen LogP contribution in [0.4, 0.5) is 0 Å². The van der Waals surface area contributed by atoms with Crippen molar-refractivity contribution in [3.8, 4) is 0 Å². The summed E-state index contributed by atoms with van der Waals surface area (Å²) in [6, 6.07) is 3.61. The molecule has 35 heavy (non-hydrogen) atoms. The summed E-state index contributed by atoms with van der Waals surface area (Å²) in [6.07, 6.45) is 1.70. The van der Waals surface area contributed by atoms with Crippen LogP contribution in [-0.2, 0) is 30.4 Å². The zero-order chi connectivity index (χ0) is 26.1. The number of aliphatic carboxylic acids is 1. The van der Waals surface area contributed by atoms with E-state index < -0.39 is 60.7 Å². The maximum absolute atomic E-state index is 13.2. The van der Waals surface area contributed by atoms with Crippen molar-refractivity contribution >= 4 is 40.5 Å². The highest BCUT2D eigenvalue weighted by Gasteiger charge is 2.32. The van der Waals surface area contributed by atoms with Gasteiger partial charge in [0.05, 0.1) is 13.0 Å². The van der Waals surface area contributed by atoms with E-state index in [0.29, 0.717) is 12.0 Å². The Hall–Kier alpha value is -3.93. The Morgan fingerprint density at radius 2 is 1.69 bits per heavy atom. The zero-order valence-electron chi connectivity index (χ0n) is 19.7. The number of hydrogen-bond donors (Lipinski definition) is 7. The Morgan fingerprint density at radius 3 is 2.29 bits per heavy atom. The van der Waals surface area contributed by atoms with E-state index in [1.807, 2.05) is 24.3 Å². The van der Waals surface area contributed by atoms with Crippen molar-refractivity contribution in [1.82, 2.24) is 20.9 Å². The Balaban J connectivity index is 2.34. The summed E-state index contributed by atoms with van der Waals surface area (Å²) >= 11 is 0. The van der Waals surface area contributed by atoms with Gasteiger partial charge in [-0.15, -0.1) is 0 Å². The Morgan fingerprint density at radius 1 is 1.03 bits per heavy atom. The summed E-state index contributed by atoms with van der Waals surface area (Å²) < 4.78 is 0. The molecule has 0 aliphatic heterocycles. The molecule has 1 aromatic heterocycles. The lowest BCUT2D eigenvalue weighted by Gasteiger charge is -2.26. The summed E-state index contributed by atoms with van der Waals surface area (Å²) in [5.74, 6) is -4.66. The average Bonchev–Trinajstić information content (AvgIpc) is 3.23. The van der Waals surface area contributed by atoms with Gasteiger partial charge in [-0.2, -0.15) is 0 Å². The maximum atomic E-state index is 13.2. The second-order valence-electron chi connectivity index (χ2n) is 8.33. The Kier molecular flexibility index (Phi) is 9.76. The van der Waals surface area contributed by atoms with Crippen molar-refractivity contribution in [2.24, 2.45) is 17.4 Å². The highest BCUT2D eigenvalue weighted by atomic mass is 16.4. The largest absolute Gasteiger partial charge is 0.480 e. The molecule has 4 amide bonds. The molecule has 190 valence electrons. The minimum Gasteiger partial charge on any atom is -0.480 e. The summed E-state index contributed by atoms with van der Waals surface area (Å²) in [5.41, 5.74) is 12.0. The molecule has 0 saturated carbocycles. The molecule has 0 fully saturated rings. The number of carbonyl (C=O) groups is 5. The van der Waals surface area contributed by atoms with Crippen LogP contribution < -0.4 is 27.4 Å². The first-order valence-electron chi connectivity index (χ1n) is 11.2. The molecule has 9 N–H and O–H groups in total. The number of benzene rings is 1. The summed E-state index contributed by atoms with van der Waals surface area (Å²) in [6.45, 7) is 3.07. The van der Waals surface area contributed by atoms with E-state index in [1.54, 1.807) is 20.0 Å². The second kappa shape index (κ2) is 12.5. The third kappa shape index (κ3) is 7.54. The normalized spacial score (nSPS) is 14.4. The number of fused-ring (bicyclic) bond motifs is 1. The fraction of sp³-hybridized carbons (Fsp3) is 0.435. The quantitative estimate of drug-likeness (QED) is 0.189. The van der Waals surface area contributed by atoms with Gasteiger partial charge in [0.1, 0.15) is 18.1 Å². The first-order chi connectivity index (χ1) is 16.6. The smallest absolute Gasteiger partial charge is 0.326 e. The predicted octanol–water partition coefficient (Wildman–Crippen LogP) is -0.870. The van der Waals surface area contributed by atoms with Gasteiger partial charge in [-0.25, -0.2) is 4.79 Å². The minimum absolute atomic E-state index is 0.0164. The van der Waals surface area contributed by atoms with Crippen molar-refractivity contribution in [2.45, 2.75) is 51.2 Å². The number of amides is 4. The van der Waals surface area contributed by atoms with Gasteiger partial charge in [-0.3, -0.25) is 19.2 Å². The fourth-order valence-electron chi connectivity index (χ4n) is 3.60. The van der Waals surface area contributed by atoms with Gasteiger partial charge in [0.2, 0.25) is 23.6 Å². The molecule has 2 rings (SSSR count). The monoisotopic (exact) mass is 488 g/mol. The predicted molar refractivity (Wildman–Crippen MR) is 128 cm³/mol. The summed E-state index contributed by atoms with van der Waals surface area (Å²) in [7, 11) is 0. The van der Waals surface area contributed by atoms with Gasteiger partial charge >= 0.3 is 5.97 Å². The fourth-order valence-corrected chi connectivity index (χ4v) is 3.60. The van der Waals surface area contributed by atoms with Crippen LogP contribution in [0.1, 0.15) is 32.3 Å². The number of carbonyl (C=O) groups excluding carboxylic acids is 4. The van der Waals surface area contributed by atoms with Gasteiger partial charge < -0.3 is 37.5 Å². The number of aromatic amines is 1. The van der Waals surface area contributed by atoms with E-state index >= 15 is 0 Å². The number of aromatic nitrogens is 1. The number of carboxylic acid groups (broad SMARTS) is 1. The van der Waals surface area contributed by atoms with Gasteiger partial charge in [0.15, 0.2) is 0 Å². The topological polar surface area (TPSA) is 210 Å². The van der Waals surface area contributed by atoms with Gasteiger partial charge in [-0.05, 0) is 17.5 Å². The van der Waals surface area contributed by atoms with Crippen molar-refractivity contribution in [2.75, 3.05) is 6.54 Å². The van der Waals surface area contributed by atoms with Crippen LogP contribution in [0.5, 0.6) is 0 Å². The first kappa shape index (κ1) is 27.3. The number of primary amides is 1. The molecule has 0 aliphatic carbocycles. The first-order valence-corrected chi connectivity index (χ1v) is 11.2. The molecule has 2 aromatic rings. The Bertz CT molecular complexity index is 1080. The van der Waals surface area contributed by atoms with E-state index in [-0.39, 0.29) is 12.3 Å². The molecule has 0 aliphatic rings. The SMILES string of the molecule is CCC(C)C(NC(=O)C(Cc1c[nH]c2ccccc12)NC(=O)C(CC(N)=O)NC(=O)CN)C(=O)O. The van der Waals surface area contributed by atoms with Crippen molar-refractivity contribution < 1.29 is 29.1 Å². The van der Waals surface area contributed by atoms with Crippen molar-refractivity contribution in [1.29, 1.82) is 0 Å². The molecule has 1 heterocycles. The second-order valence-corrected chi connectivity index (χ2v) is 8.33. The third-order valence-corrected chi connectivity index (χ3v) is 5.75. The van der Waals surface area contributed by atoms with Gasteiger partial charge in [0, 0.05) is 23.5 Å². The molecule has 0 radical (unpaired) electrons. The molecule has 12 nitrogen and oxygen atoms in total. The van der Waals surface area contributed by atoms with Crippen LogP contribution >= 0.6 is 0 Å². The minimum atomic E-state index is -1.35. The van der Waals surface area contributed by atoms with E-state index in [1.165, 1.54) is 0 Å². The van der Waals surface area contributed by atoms with E-state index in [2.05, 4.69) is 20.9 Å². The molecule has 1 aromatic carbocycles. The lowest BCUT2D eigenvalue weighted by molar-refractivity contribution is -0.144. The number of para-hydroxylation sites is 1. The average molecular weight is 489 g/mol. The van der Waals surface area contributed by atoms with E-state index in [9.17, 15) is 29.1 Å². The summed E-state index contributed by atoms with van der Waals surface area (Å²) in [4.78, 5) is 64.2. The van der Waals surface area contributed by atoms with Crippen LogP contribution in [0.3, 0.4) is 0 Å². The highest BCUT2D eigenvalue weighted by molar-refractivity contribution is 5.96. The van der Waals surface area contributed by atoms with Crippen LogP contribution in [0.2, 0.25) is 0 Å². The number of carboxylic acids is 1. The molecular formula is C23H32N6O6. The van der Waals surface area contributed by atoms with Crippen LogP contribution in [0, 0.1) is 5.92 Å². The van der Waals surface area contributed by atoms with Crippen LogP contribution in [0.15, 0.2) is 30.5 Å². The molecule has 0 bridgehead atoms. The van der Waals surface area contributed by atoms with Crippen molar-refractivity contribution in [3.05, 3.63) is 36.0 Å². The summed E-state index contributed by atoms with van der Waals surface area (Å²) in [5, 5.41) is 17.7. The molecule has 4 atom stereocenters. The van der Waals surface area contributed by atoms with Gasteiger partial charge in [-0.1, -0.05) is 38.5 Å². The number of nitrogens with two attached hydrogens (primary N) is 2. The number of H-pyrrole nitrogens is 1. The third-order valence-electron chi connectivity index (χ3n) is 5.75. The number of rotatable bonds is 13. The zero-order valence-corrected chi connectivity index (χ0v) is 19.7. The van der Waals surface area contributed by atoms with Crippen molar-refractivity contribution in [3.63, 3.8) is 0 Å².